The molecule has 1 saturated carbocycles. The fraction of sp³-hybridized carbons (Fsp3) is 0.600. The molecule has 0 radical (unpaired) electrons. The van der Waals surface area contributed by atoms with Crippen LogP contribution < -0.4 is 5.73 Å². The maximum atomic E-state index is 9.33. The highest BCUT2D eigenvalue weighted by molar-refractivity contribution is 7.10. The number of aliphatic hydroxyl groups is 1. The number of nitrogens with two attached hydrogens (primary N) is 1. The fourth-order valence-corrected chi connectivity index (χ4v) is 3.15. The van der Waals surface area contributed by atoms with Crippen molar-refractivity contribution in [3.05, 3.63) is 21.9 Å². The SMILES string of the molecule is Cc1csc(C2(CN)CC(O)C2)c1. The predicted molar refractivity (Wildman–Crippen MR) is 55.0 cm³/mol. The number of thiophene rings is 1. The second-order valence-corrected chi connectivity index (χ2v) is 4.95. The van der Waals surface area contributed by atoms with E-state index in [1.54, 1.807) is 11.3 Å². The first-order valence-corrected chi connectivity index (χ1v) is 5.48. The van der Waals surface area contributed by atoms with Gasteiger partial charge in [0.15, 0.2) is 0 Å². The first-order valence-electron chi connectivity index (χ1n) is 4.60. The van der Waals surface area contributed by atoms with Gasteiger partial charge in [0.2, 0.25) is 0 Å². The van der Waals surface area contributed by atoms with Crippen molar-refractivity contribution in [3.63, 3.8) is 0 Å². The fourth-order valence-electron chi connectivity index (χ4n) is 2.02. The Hall–Kier alpha value is -0.380. The highest BCUT2D eigenvalue weighted by Gasteiger charge is 2.44. The zero-order valence-electron chi connectivity index (χ0n) is 7.79. The van der Waals surface area contributed by atoms with Crippen LogP contribution in [0.3, 0.4) is 0 Å². The van der Waals surface area contributed by atoms with Crippen molar-refractivity contribution in [1.29, 1.82) is 0 Å². The van der Waals surface area contributed by atoms with Crippen molar-refractivity contribution in [2.75, 3.05) is 6.54 Å². The van der Waals surface area contributed by atoms with Gasteiger partial charge in [0.1, 0.15) is 0 Å². The molecule has 0 saturated heterocycles. The van der Waals surface area contributed by atoms with E-state index in [9.17, 15) is 5.11 Å². The Balaban J connectivity index is 2.23. The number of aliphatic hydroxyl groups excluding tert-OH is 1. The zero-order chi connectivity index (χ0) is 9.47. The monoisotopic (exact) mass is 197 g/mol. The number of hydrogen-bond donors (Lipinski definition) is 2. The topological polar surface area (TPSA) is 46.2 Å². The van der Waals surface area contributed by atoms with Gasteiger partial charge < -0.3 is 10.8 Å². The van der Waals surface area contributed by atoms with Crippen LogP contribution in [0.1, 0.15) is 23.3 Å². The van der Waals surface area contributed by atoms with Crippen LogP contribution in [0.5, 0.6) is 0 Å². The highest BCUT2D eigenvalue weighted by Crippen LogP contribution is 2.45. The molecule has 2 nitrogen and oxygen atoms in total. The van der Waals surface area contributed by atoms with Gasteiger partial charge in [0, 0.05) is 16.8 Å². The molecule has 1 aromatic rings. The van der Waals surface area contributed by atoms with E-state index < -0.39 is 0 Å². The van der Waals surface area contributed by atoms with E-state index in [4.69, 9.17) is 5.73 Å². The van der Waals surface area contributed by atoms with Gasteiger partial charge in [0.05, 0.1) is 6.10 Å². The molecular weight excluding hydrogens is 182 g/mol. The molecule has 3 N–H and O–H groups in total. The Labute approximate surface area is 82.4 Å². The zero-order valence-corrected chi connectivity index (χ0v) is 8.60. The van der Waals surface area contributed by atoms with E-state index in [2.05, 4.69) is 18.4 Å². The largest absolute Gasteiger partial charge is 0.393 e. The third-order valence-corrected chi connectivity index (χ3v) is 4.19. The molecule has 0 spiro atoms. The van der Waals surface area contributed by atoms with Crippen molar-refractivity contribution < 1.29 is 5.11 Å². The average molecular weight is 197 g/mol. The molecule has 1 fully saturated rings. The van der Waals surface area contributed by atoms with Gasteiger partial charge in [-0.1, -0.05) is 0 Å². The predicted octanol–water partition coefficient (Wildman–Crippen LogP) is 1.41. The molecule has 72 valence electrons. The maximum absolute atomic E-state index is 9.33. The Bertz CT molecular complexity index is 302. The van der Waals surface area contributed by atoms with Crippen LogP contribution in [0.2, 0.25) is 0 Å². The van der Waals surface area contributed by atoms with Crippen LogP contribution in [0.15, 0.2) is 11.4 Å². The molecule has 1 aliphatic carbocycles. The smallest absolute Gasteiger partial charge is 0.0558 e. The molecule has 0 amide bonds. The molecule has 0 bridgehead atoms. The van der Waals surface area contributed by atoms with E-state index in [1.807, 2.05) is 0 Å². The second kappa shape index (κ2) is 3.08. The summed E-state index contributed by atoms with van der Waals surface area (Å²) >= 11 is 1.77. The van der Waals surface area contributed by atoms with Gasteiger partial charge in [-0.3, -0.25) is 0 Å². The lowest BCUT2D eigenvalue weighted by Crippen LogP contribution is -2.49. The van der Waals surface area contributed by atoms with Gasteiger partial charge >= 0.3 is 0 Å². The highest BCUT2D eigenvalue weighted by atomic mass is 32.1. The van der Waals surface area contributed by atoms with Crippen LogP contribution in [0.4, 0.5) is 0 Å². The van der Waals surface area contributed by atoms with Crippen LogP contribution >= 0.6 is 11.3 Å². The minimum Gasteiger partial charge on any atom is -0.393 e. The van der Waals surface area contributed by atoms with Crippen molar-refractivity contribution in [3.8, 4) is 0 Å². The van der Waals surface area contributed by atoms with Crippen molar-refractivity contribution >= 4 is 11.3 Å². The first-order chi connectivity index (χ1) is 6.16. The summed E-state index contributed by atoms with van der Waals surface area (Å²) in [5.41, 5.74) is 7.16. The molecular formula is C10H15NOS. The lowest BCUT2D eigenvalue weighted by molar-refractivity contribution is 0.0239. The van der Waals surface area contributed by atoms with Gasteiger partial charge in [0.25, 0.3) is 0 Å². The Morgan fingerprint density at radius 2 is 2.38 bits per heavy atom. The Kier molecular flexibility index (Phi) is 2.18. The normalized spacial score (nSPS) is 33.0. The van der Waals surface area contributed by atoms with Crippen molar-refractivity contribution in [2.45, 2.75) is 31.3 Å². The molecule has 0 atom stereocenters. The second-order valence-electron chi connectivity index (χ2n) is 4.03. The Morgan fingerprint density at radius 3 is 2.77 bits per heavy atom. The van der Waals surface area contributed by atoms with E-state index >= 15 is 0 Å². The minimum absolute atomic E-state index is 0.0956. The lowest BCUT2D eigenvalue weighted by atomic mass is 9.66. The van der Waals surface area contributed by atoms with Crippen LogP contribution in [0, 0.1) is 6.92 Å². The standard InChI is InChI=1S/C10H15NOS/c1-7-2-9(13-5-7)10(6-11)3-8(12)4-10/h2,5,8,12H,3-4,6,11H2,1H3. The van der Waals surface area contributed by atoms with Crippen LogP contribution in [-0.2, 0) is 5.41 Å². The van der Waals surface area contributed by atoms with E-state index in [1.165, 1.54) is 10.4 Å². The molecule has 0 aliphatic heterocycles. The third kappa shape index (κ3) is 1.41. The van der Waals surface area contributed by atoms with Crippen molar-refractivity contribution in [2.24, 2.45) is 5.73 Å². The van der Waals surface area contributed by atoms with Gasteiger partial charge in [-0.05, 0) is 36.8 Å². The average Bonchev–Trinajstić information content (AvgIpc) is 2.46. The molecule has 3 heteroatoms. The van der Waals surface area contributed by atoms with Gasteiger partial charge in [-0.15, -0.1) is 11.3 Å². The van der Waals surface area contributed by atoms with Crippen molar-refractivity contribution in [1.82, 2.24) is 0 Å². The Morgan fingerprint density at radius 1 is 1.69 bits per heavy atom. The summed E-state index contributed by atoms with van der Waals surface area (Å²) in [4.78, 5) is 1.35. The molecule has 0 aromatic carbocycles. The van der Waals surface area contributed by atoms with E-state index in [0.717, 1.165) is 12.8 Å². The molecule has 0 unspecified atom stereocenters. The summed E-state index contributed by atoms with van der Waals surface area (Å²) < 4.78 is 0. The van der Waals surface area contributed by atoms with Crippen LogP contribution in [0.25, 0.3) is 0 Å². The van der Waals surface area contributed by atoms with Crippen LogP contribution in [-0.4, -0.2) is 17.8 Å². The number of hydrogen-bond acceptors (Lipinski definition) is 3. The molecule has 1 heterocycles. The number of rotatable bonds is 2. The summed E-state index contributed by atoms with van der Waals surface area (Å²) in [6.07, 6.45) is 1.54. The first kappa shape index (κ1) is 9.19. The summed E-state index contributed by atoms with van der Waals surface area (Å²) in [7, 11) is 0. The molecule has 1 aromatic heterocycles. The maximum Gasteiger partial charge on any atom is 0.0558 e. The molecule has 13 heavy (non-hydrogen) atoms. The lowest BCUT2D eigenvalue weighted by Gasteiger charge is -2.44. The number of aryl methyl sites for hydroxylation is 1. The summed E-state index contributed by atoms with van der Waals surface area (Å²) in [6, 6.07) is 2.20. The quantitative estimate of drug-likeness (QED) is 0.753. The minimum atomic E-state index is -0.133. The third-order valence-electron chi connectivity index (χ3n) is 2.90. The van der Waals surface area contributed by atoms with Gasteiger partial charge in [-0.2, -0.15) is 0 Å². The summed E-state index contributed by atoms with van der Waals surface area (Å²) in [6.45, 7) is 2.75. The molecule has 1 aliphatic rings. The summed E-state index contributed by atoms with van der Waals surface area (Å²) in [5, 5.41) is 11.5. The van der Waals surface area contributed by atoms with E-state index in [0.29, 0.717) is 6.54 Å². The van der Waals surface area contributed by atoms with Gasteiger partial charge in [-0.25, -0.2) is 0 Å². The molecule has 2 rings (SSSR count). The summed E-state index contributed by atoms with van der Waals surface area (Å²) in [5.74, 6) is 0. The van der Waals surface area contributed by atoms with E-state index in [-0.39, 0.29) is 11.5 Å².